The zero-order chi connectivity index (χ0) is 13.0. The molecule has 3 N–H and O–H groups in total. The molecule has 0 atom stereocenters. The average molecular weight is 307 g/mol. The van der Waals surface area contributed by atoms with Crippen molar-refractivity contribution in [1.29, 1.82) is 0 Å². The molecule has 18 heavy (non-hydrogen) atoms. The molecule has 1 aromatic carbocycles. The number of carbonyl (C=O) groups is 1. The number of benzene rings is 1. The number of hydrazone groups is 1. The van der Waals surface area contributed by atoms with Crippen molar-refractivity contribution in [3.05, 3.63) is 52.8 Å². The van der Waals surface area contributed by atoms with Gasteiger partial charge in [-0.1, -0.05) is 15.9 Å². The van der Waals surface area contributed by atoms with Gasteiger partial charge in [0.05, 0.1) is 11.9 Å². The predicted octanol–water partition coefficient (Wildman–Crippen LogP) is 2.24. The minimum absolute atomic E-state index is 0.687. The summed E-state index contributed by atoms with van der Waals surface area (Å²) in [6.07, 6.45) is 3.45. The highest BCUT2D eigenvalue weighted by Crippen LogP contribution is 2.15. The highest BCUT2D eigenvalue weighted by atomic mass is 79.9. The van der Waals surface area contributed by atoms with Gasteiger partial charge < -0.3 is 10.3 Å². The quantitative estimate of drug-likeness (QED) is 0.662. The molecule has 0 aliphatic carbocycles. The Kier molecular flexibility index (Phi) is 3.78. The summed E-state index contributed by atoms with van der Waals surface area (Å²) in [4.78, 5) is 10.5. The van der Waals surface area contributed by atoms with E-state index < -0.39 is 6.03 Å². The van der Waals surface area contributed by atoms with Crippen LogP contribution in [0.1, 0.15) is 5.69 Å². The van der Waals surface area contributed by atoms with Gasteiger partial charge in [0, 0.05) is 16.4 Å². The van der Waals surface area contributed by atoms with Crippen molar-refractivity contribution >= 4 is 28.2 Å². The molecule has 0 bridgehead atoms. The minimum Gasteiger partial charge on any atom is -0.350 e. The van der Waals surface area contributed by atoms with E-state index in [0.717, 1.165) is 15.9 Å². The number of nitrogens with zero attached hydrogens (tertiary/aromatic N) is 2. The third-order valence-corrected chi connectivity index (χ3v) is 2.79. The van der Waals surface area contributed by atoms with E-state index in [0.29, 0.717) is 0 Å². The lowest BCUT2D eigenvalue weighted by molar-refractivity contribution is 0.249. The molecule has 0 aliphatic rings. The molecule has 6 heteroatoms. The van der Waals surface area contributed by atoms with Crippen LogP contribution in [0.15, 0.2) is 52.2 Å². The number of primary amides is 1. The van der Waals surface area contributed by atoms with Crippen molar-refractivity contribution in [2.24, 2.45) is 10.8 Å². The standard InChI is InChI=1S/C12H11BrN4O/c13-9-3-5-10(6-4-9)17-7-1-2-11(17)8-15-16-12(14)18/h1-8H,(H3,14,16,18)/b15-8-. The Morgan fingerprint density at radius 2 is 2.06 bits per heavy atom. The third kappa shape index (κ3) is 2.98. The summed E-state index contributed by atoms with van der Waals surface area (Å²) in [5, 5.41) is 3.74. The van der Waals surface area contributed by atoms with Crippen LogP contribution in [0.25, 0.3) is 5.69 Å². The lowest BCUT2D eigenvalue weighted by Gasteiger charge is -2.06. The van der Waals surface area contributed by atoms with Crippen molar-refractivity contribution in [3.8, 4) is 5.69 Å². The van der Waals surface area contributed by atoms with Crippen LogP contribution in [0.4, 0.5) is 4.79 Å². The third-order valence-electron chi connectivity index (χ3n) is 2.26. The van der Waals surface area contributed by atoms with Crippen LogP contribution < -0.4 is 11.2 Å². The predicted molar refractivity (Wildman–Crippen MR) is 73.8 cm³/mol. The fraction of sp³-hybridized carbons (Fsp3) is 0. The first-order valence-electron chi connectivity index (χ1n) is 5.18. The van der Waals surface area contributed by atoms with E-state index in [9.17, 15) is 4.79 Å². The zero-order valence-electron chi connectivity index (χ0n) is 9.38. The molecule has 0 aliphatic heterocycles. The normalized spacial score (nSPS) is 10.7. The van der Waals surface area contributed by atoms with Gasteiger partial charge in [0.2, 0.25) is 0 Å². The monoisotopic (exact) mass is 306 g/mol. The van der Waals surface area contributed by atoms with Gasteiger partial charge in [-0.15, -0.1) is 0 Å². The molecule has 0 unspecified atom stereocenters. The van der Waals surface area contributed by atoms with Gasteiger partial charge >= 0.3 is 6.03 Å². The minimum atomic E-state index is -0.687. The van der Waals surface area contributed by atoms with Gasteiger partial charge in [-0.3, -0.25) is 0 Å². The Bertz CT molecular complexity index is 574. The summed E-state index contributed by atoms with van der Waals surface area (Å²) < 4.78 is 2.96. The Morgan fingerprint density at radius 3 is 2.72 bits per heavy atom. The topological polar surface area (TPSA) is 72.4 Å². The molecule has 0 spiro atoms. The van der Waals surface area contributed by atoms with Crippen LogP contribution >= 0.6 is 15.9 Å². The number of hydrogen-bond donors (Lipinski definition) is 2. The molecule has 92 valence electrons. The fourth-order valence-corrected chi connectivity index (χ4v) is 1.76. The van der Waals surface area contributed by atoms with Crippen LogP contribution in [0, 0.1) is 0 Å². The molecule has 2 rings (SSSR count). The molecule has 0 radical (unpaired) electrons. The largest absolute Gasteiger partial charge is 0.350 e. The number of carbonyl (C=O) groups excluding carboxylic acids is 1. The van der Waals surface area contributed by atoms with Crippen LogP contribution in [0.2, 0.25) is 0 Å². The first-order chi connectivity index (χ1) is 8.66. The number of rotatable bonds is 3. The van der Waals surface area contributed by atoms with E-state index in [1.807, 2.05) is 47.2 Å². The van der Waals surface area contributed by atoms with Gasteiger partial charge in [0.1, 0.15) is 0 Å². The van der Waals surface area contributed by atoms with Crippen molar-refractivity contribution in [3.63, 3.8) is 0 Å². The summed E-state index contributed by atoms with van der Waals surface area (Å²) in [6, 6.07) is 11.0. The number of nitrogens with one attached hydrogen (secondary N) is 1. The van der Waals surface area contributed by atoms with Crippen molar-refractivity contribution in [2.45, 2.75) is 0 Å². The van der Waals surface area contributed by atoms with Gasteiger partial charge in [-0.25, -0.2) is 10.2 Å². The second kappa shape index (κ2) is 5.50. The smallest absolute Gasteiger partial charge is 0.332 e. The molecule has 0 saturated carbocycles. The highest BCUT2D eigenvalue weighted by molar-refractivity contribution is 9.10. The van der Waals surface area contributed by atoms with E-state index in [2.05, 4.69) is 26.5 Å². The Labute approximate surface area is 112 Å². The molecule has 1 aromatic heterocycles. The maximum Gasteiger partial charge on any atom is 0.332 e. The zero-order valence-corrected chi connectivity index (χ0v) is 11.0. The van der Waals surface area contributed by atoms with Crippen LogP contribution in [-0.2, 0) is 0 Å². The number of hydrogen-bond acceptors (Lipinski definition) is 2. The second-order valence-corrected chi connectivity index (χ2v) is 4.43. The maximum absolute atomic E-state index is 10.5. The summed E-state index contributed by atoms with van der Waals surface area (Å²) >= 11 is 3.39. The summed E-state index contributed by atoms with van der Waals surface area (Å²) in [6.45, 7) is 0. The first kappa shape index (κ1) is 12.4. The Balaban J connectivity index is 2.24. The Morgan fingerprint density at radius 1 is 1.33 bits per heavy atom. The maximum atomic E-state index is 10.5. The number of nitrogens with two attached hydrogens (primary N) is 1. The van der Waals surface area contributed by atoms with Crippen LogP contribution in [-0.4, -0.2) is 16.8 Å². The molecule has 2 aromatic rings. The fourth-order valence-electron chi connectivity index (χ4n) is 1.50. The lowest BCUT2D eigenvalue weighted by Crippen LogP contribution is -2.24. The lowest BCUT2D eigenvalue weighted by atomic mass is 10.3. The number of aromatic nitrogens is 1. The number of halogens is 1. The van der Waals surface area contributed by atoms with Gasteiger partial charge in [-0.05, 0) is 36.4 Å². The second-order valence-electron chi connectivity index (χ2n) is 3.51. The first-order valence-corrected chi connectivity index (χ1v) is 5.98. The van der Waals surface area contributed by atoms with E-state index in [1.165, 1.54) is 6.21 Å². The molecule has 0 fully saturated rings. The SMILES string of the molecule is NC(=O)N/N=C\c1cccn1-c1ccc(Br)cc1. The van der Waals surface area contributed by atoms with E-state index in [-0.39, 0.29) is 0 Å². The summed E-state index contributed by atoms with van der Waals surface area (Å²) in [5.74, 6) is 0. The van der Waals surface area contributed by atoms with Gasteiger partial charge in [0.15, 0.2) is 0 Å². The molecular weight excluding hydrogens is 296 g/mol. The van der Waals surface area contributed by atoms with Crippen molar-refractivity contribution < 1.29 is 4.79 Å². The molecule has 2 amide bonds. The van der Waals surface area contributed by atoms with E-state index in [4.69, 9.17) is 5.73 Å². The summed E-state index contributed by atoms with van der Waals surface area (Å²) in [7, 11) is 0. The van der Waals surface area contributed by atoms with Crippen molar-refractivity contribution in [2.75, 3.05) is 0 Å². The molecule has 1 heterocycles. The average Bonchev–Trinajstić information content (AvgIpc) is 2.78. The van der Waals surface area contributed by atoms with Crippen molar-refractivity contribution in [1.82, 2.24) is 9.99 Å². The van der Waals surface area contributed by atoms with Crippen LogP contribution in [0.3, 0.4) is 0 Å². The van der Waals surface area contributed by atoms with Crippen LogP contribution in [0.5, 0.6) is 0 Å². The highest BCUT2D eigenvalue weighted by Gasteiger charge is 2.00. The van der Waals surface area contributed by atoms with E-state index >= 15 is 0 Å². The molecule has 5 nitrogen and oxygen atoms in total. The van der Waals surface area contributed by atoms with Gasteiger partial charge in [-0.2, -0.15) is 5.10 Å². The Hall–Kier alpha value is -2.08. The number of urea groups is 1. The molecular formula is C12H11BrN4O. The molecule has 0 saturated heterocycles. The van der Waals surface area contributed by atoms with Gasteiger partial charge in [0.25, 0.3) is 0 Å². The summed E-state index contributed by atoms with van der Waals surface area (Å²) in [5.41, 5.74) is 8.92. The van der Waals surface area contributed by atoms with E-state index in [1.54, 1.807) is 0 Å². The number of amides is 2.